The highest BCUT2D eigenvalue weighted by molar-refractivity contribution is 6.30. The van der Waals surface area contributed by atoms with Gasteiger partial charge in [0.1, 0.15) is 10.2 Å². The van der Waals surface area contributed by atoms with Crippen LogP contribution in [0.3, 0.4) is 0 Å². The lowest BCUT2D eigenvalue weighted by Gasteiger charge is -2.26. The first-order valence-electron chi connectivity index (χ1n) is 6.69. The Morgan fingerprint density at radius 3 is 2.36 bits per heavy atom. The number of ether oxygens (including phenoxy) is 1. The maximum atomic E-state index is 12.5. The van der Waals surface area contributed by atoms with Gasteiger partial charge < -0.3 is 4.74 Å². The van der Waals surface area contributed by atoms with Crippen molar-refractivity contribution < 1.29 is 9.53 Å². The Balaban J connectivity index is 2.54. The van der Waals surface area contributed by atoms with Gasteiger partial charge >= 0.3 is 5.97 Å². The summed E-state index contributed by atoms with van der Waals surface area (Å²) in [7, 11) is 4.54. The molecule has 0 saturated heterocycles. The van der Waals surface area contributed by atoms with E-state index in [2.05, 4.69) is 21.7 Å². The van der Waals surface area contributed by atoms with Crippen LogP contribution in [0.5, 0.6) is 0 Å². The minimum absolute atomic E-state index is 0.389. The minimum Gasteiger partial charge on any atom is -0.468 e. The summed E-state index contributed by atoms with van der Waals surface area (Å²) in [5.41, 5.74) is 3.36. The molecule has 0 aliphatic carbocycles. The van der Waals surface area contributed by atoms with Crippen LogP contribution in [0.15, 0.2) is 54.6 Å². The largest absolute Gasteiger partial charge is 0.468 e. The summed E-state index contributed by atoms with van der Waals surface area (Å²) in [6.45, 7) is 0. The molecular formula is C18H14ClO2Si. The van der Waals surface area contributed by atoms with Crippen molar-refractivity contribution in [1.82, 2.24) is 0 Å². The van der Waals surface area contributed by atoms with Crippen LogP contribution >= 0.6 is 11.6 Å². The molecule has 0 saturated carbocycles. The van der Waals surface area contributed by atoms with Gasteiger partial charge in [-0.2, -0.15) is 0 Å². The van der Waals surface area contributed by atoms with E-state index in [1.807, 2.05) is 42.5 Å². The summed E-state index contributed by atoms with van der Waals surface area (Å²) >= 11 is 5.92. The number of halogens is 1. The number of hydrogen-bond acceptors (Lipinski definition) is 2. The molecular weight excluding hydrogens is 312 g/mol. The molecule has 109 valence electrons. The molecule has 0 bridgehead atoms. The van der Waals surface area contributed by atoms with E-state index in [0.29, 0.717) is 11.4 Å². The maximum Gasteiger partial charge on any atom is 0.328 e. The monoisotopic (exact) mass is 325 g/mol. The molecule has 2 aromatic rings. The molecule has 0 spiro atoms. The Bertz CT molecular complexity index is 701. The van der Waals surface area contributed by atoms with Gasteiger partial charge in [-0.3, -0.25) is 4.79 Å². The average Bonchev–Trinajstić information content (AvgIpc) is 2.56. The summed E-state index contributed by atoms with van der Waals surface area (Å²) in [5.74, 6) is 2.59. The first-order valence-corrected chi connectivity index (χ1v) is 7.57. The number of rotatable bonds is 4. The van der Waals surface area contributed by atoms with Crippen LogP contribution in [-0.2, 0) is 21.4 Å². The number of carbonyl (C=O) groups excluding carboxylic acids is 1. The Hall–Kier alpha value is -2.02. The molecule has 3 radical (unpaired) electrons. The molecule has 2 nitrogen and oxygen atoms in total. The lowest BCUT2D eigenvalue weighted by atomic mass is 9.76. The lowest BCUT2D eigenvalue weighted by Crippen LogP contribution is -2.38. The van der Waals surface area contributed by atoms with Crippen molar-refractivity contribution in [1.29, 1.82) is 0 Å². The molecule has 0 fully saturated rings. The van der Waals surface area contributed by atoms with Crippen LogP contribution in [0.25, 0.3) is 0 Å². The molecule has 1 atom stereocenters. The number of hydrogen-bond donors (Lipinski definition) is 0. The normalized spacial score (nSPS) is 12.7. The number of methoxy groups -OCH3 is 1. The van der Waals surface area contributed by atoms with Gasteiger partial charge in [0, 0.05) is 11.4 Å². The second-order valence-corrected chi connectivity index (χ2v) is 5.50. The van der Waals surface area contributed by atoms with Gasteiger partial charge in [0.15, 0.2) is 5.41 Å². The van der Waals surface area contributed by atoms with Gasteiger partial charge in [0.2, 0.25) is 0 Å². The van der Waals surface area contributed by atoms with Crippen molar-refractivity contribution in [3.63, 3.8) is 0 Å². The predicted molar refractivity (Wildman–Crippen MR) is 88.8 cm³/mol. The zero-order chi connectivity index (χ0) is 16.0. The molecule has 0 heterocycles. The summed E-state index contributed by atoms with van der Waals surface area (Å²) < 4.78 is 5.03. The third-order valence-corrected chi connectivity index (χ3v) is 3.84. The smallest absolute Gasteiger partial charge is 0.328 e. The number of esters is 1. The molecule has 2 rings (SSSR count). The van der Waals surface area contributed by atoms with Gasteiger partial charge in [-0.1, -0.05) is 60.0 Å². The highest BCUT2D eigenvalue weighted by Gasteiger charge is 2.40. The van der Waals surface area contributed by atoms with Crippen LogP contribution in [0.4, 0.5) is 0 Å². The fourth-order valence-electron chi connectivity index (χ4n) is 2.37. The molecule has 0 aromatic heterocycles. The van der Waals surface area contributed by atoms with E-state index in [1.54, 1.807) is 12.1 Å². The zero-order valence-corrected chi connectivity index (χ0v) is 13.9. The fourth-order valence-corrected chi connectivity index (χ4v) is 2.71. The molecule has 1 unspecified atom stereocenters. The Kier molecular flexibility index (Phi) is 5.43. The Morgan fingerprint density at radius 2 is 1.82 bits per heavy atom. The summed E-state index contributed by atoms with van der Waals surface area (Å²) in [6, 6.07) is 16.8. The van der Waals surface area contributed by atoms with Gasteiger partial charge in [0.25, 0.3) is 0 Å². The minimum atomic E-state index is -1.06. The maximum absolute atomic E-state index is 12.5. The lowest BCUT2D eigenvalue weighted by molar-refractivity contribution is -0.145. The van der Waals surface area contributed by atoms with E-state index in [4.69, 9.17) is 16.3 Å². The van der Waals surface area contributed by atoms with Gasteiger partial charge in [-0.15, -0.1) is 5.54 Å². The highest BCUT2D eigenvalue weighted by Crippen LogP contribution is 2.30. The number of benzene rings is 2. The number of carbonyl (C=O) groups is 1. The van der Waals surface area contributed by atoms with E-state index < -0.39 is 5.41 Å². The standard InChI is InChI=1S/C18H14ClO2Si/c1-21-17(20)18(11-12-22,15-5-3-2-4-6-15)13-14-7-9-16(19)10-8-14/h2-10H,13H2,1H3. The molecule has 0 N–H and O–H groups in total. The van der Waals surface area contributed by atoms with Crippen molar-refractivity contribution in [2.45, 2.75) is 11.8 Å². The van der Waals surface area contributed by atoms with Crippen molar-refractivity contribution >= 4 is 27.8 Å². The summed E-state index contributed by atoms with van der Waals surface area (Å²) in [4.78, 5) is 12.5. The third-order valence-electron chi connectivity index (χ3n) is 3.46. The van der Waals surface area contributed by atoms with Gasteiger partial charge in [0.05, 0.1) is 7.11 Å². The molecule has 0 amide bonds. The van der Waals surface area contributed by atoms with Crippen molar-refractivity contribution in [3.05, 3.63) is 70.7 Å². The molecule has 4 heteroatoms. The van der Waals surface area contributed by atoms with Gasteiger partial charge in [-0.25, -0.2) is 0 Å². The zero-order valence-electron chi connectivity index (χ0n) is 12.1. The Labute approximate surface area is 138 Å². The highest BCUT2D eigenvalue weighted by atomic mass is 35.5. The predicted octanol–water partition coefficient (Wildman–Crippen LogP) is 3.12. The van der Waals surface area contributed by atoms with Crippen molar-refractivity contribution in [3.8, 4) is 11.5 Å². The van der Waals surface area contributed by atoms with Crippen molar-refractivity contribution in [2.24, 2.45) is 0 Å². The summed E-state index contributed by atoms with van der Waals surface area (Å²) in [6.07, 6.45) is 0.401. The Morgan fingerprint density at radius 1 is 1.18 bits per heavy atom. The van der Waals surface area contributed by atoms with E-state index in [1.165, 1.54) is 7.11 Å². The van der Waals surface area contributed by atoms with Crippen LogP contribution in [-0.4, -0.2) is 23.3 Å². The second kappa shape index (κ2) is 7.30. The van der Waals surface area contributed by atoms with Crippen LogP contribution < -0.4 is 0 Å². The van der Waals surface area contributed by atoms with Crippen LogP contribution in [0.1, 0.15) is 11.1 Å². The molecule has 0 aliphatic rings. The van der Waals surface area contributed by atoms with E-state index in [9.17, 15) is 4.79 Å². The first kappa shape index (κ1) is 16.3. The topological polar surface area (TPSA) is 26.3 Å². The van der Waals surface area contributed by atoms with Gasteiger partial charge in [-0.05, 0) is 23.3 Å². The molecule has 22 heavy (non-hydrogen) atoms. The van der Waals surface area contributed by atoms with E-state index in [0.717, 1.165) is 11.1 Å². The third kappa shape index (κ3) is 3.41. The molecule has 0 aliphatic heterocycles. The second-order valence-electron chi connectivity index (χ2n) is 4.82. The summed E-state index contributed by atoms with van der Waals surface area (Å²) in [5, 5.41) is 0.651. The molecule has 2 aromatic carbocycles. The first-order chi connectivity index (χ1) is 10.6. The van der Waals surface area contributed by atoms with Crippen LogP contribution in [0, 0.1) is 11.5 Å². The van der Waals surface area contributed by atoms with Crippen molar-refractivity contribution in [2.75, 3.05) is 7.11 Å². The quantitative estimate of drug-likeness (QED) is 0.490. The van der Waals surface area contributed by atoms with E-state index in [-0.39, 0.29) is 5.97 Å². The average molecular weight is 326 g/mol. The van der Waals surface area contributed by atoms with E-state index >= 15 is 0 Å². The SMILES string of the molecule is COC(=O)C(C#C[Si])(Cc1ccc(Cl)cc1)c1ccccc1. The fraction of sp³-hybridized carbons (Fsp3) is 0.167. The van der Waals surface area contributed by atoms with Crippen LogP contribution in [0.2, 0.25) is 5.02 Å².